The second kappa shape index (κ2) is 5.47. The van der Waals surface area contributed by atoms with Gasteiger partial charge in [0.15, 0.2) is 11.5 Å². The van der Waals surface area contributed by atoms with E-state index < -0.39 is 0 Å². The number of aromatic nitrogens is 2. The second-order valence-corrected chi connectivity index (χ2v) is 4.99. The van der Waals surface area contributed by atoms with E-state index in [0.717, 1.165) is 17.1 Å². The fourth-order valence-corrected chi connectivity index (χ4v) is 2.17. The summed E-state index contributed by atoms with van der Waals surface area (Å²) in [5, 5.41) is 3.26. The van der Waals surface area contributed by atoms with Crippen molar-refractivity contribution in [3.05, 3.63) is 24.5 Å². The van der Waals surface area contributed by atoms with Crippen LogP contribution in [0.4, 0.5) is 5.82 Å². The lowest BCUT2D eigenvalue weighted by molar-refractivity contribution is 0.174. The summed E-state index contributed by atoms with van der Waals surface area (Å²) in [6.07, 6.45) is 1.53. The van der Waals surface area contributed by atoms with Crippen molar-refractivity contribution >= 4 is 5.82 Å². The Morgan fingerprint density at radius 2 is 1.90 bits per heavy atom. The van der Waals surface area contributed by atoms with Crippen LogP contribution in [0, 0.1) is 0 Å². The van der Waals surface area contributed by atoms with Crippen molar-refractivity contribution in [2.45, 2.75) is 19.9 Å². The lowest BCUT2D eigenvalue weighted by Gasteiger charge is -2.12. The van der Waals surface area contributed by atoms with Crippen LogP contribution in [-0.2, 0) is 0 Å². The molecule has 1 aliphatic heterocycles. The third-order valence-corrected chi connectivity index (χ3v) is 3.07. The molecule has 0 radical (unpaired) electrons. The molecule has 1 aromatic heterocycles. The maximum absolute atomic E-state index is 5.43. The Kier molecular flexibility index (Phi) is 3.51. The second-order valence-electron chi connectivity index (χ2n) is 4.99. The number of hydrogen-bond acceptors (Lipinski definition) is 6. The summed E-state index contributed by atoms with van der Waals surface area (Å²) in [5.74, 6) is 2.84. The molecule has 6 heteroatoms. The SMILES string of the molecule is COc1cc2c(cc1-c1cc(NC(C)C)ncn1)OCO2. The number of nitrogens with one attached hydrogen (secondary N) is 1. The number of anilines is 1. The minimum atomic E-state index is 0.228. The van der Waals surface area contributed by atoms with E-state index >= 15 is 0 Å². The number of rotatable bonds is 4. The molecule has 0 saturated carbocycles. The van der Waals surface area contributed by atoms with Gasteiger partial charge in [-0.25, -0.2) is 9.97 Å². The third kappa shape index (κ3) is 2.69. The molecule has 21 heavy (non-hydrogen) atoms. The summed E-state index contributed by atoms with van der Waals surface area (Å²) in [6, 6.07) is 5.88. The van der Waals surface area contributed by atoms with E-state index in [1.165, 1.54) is 6.33 Å². The molecule has 0 saturated heterocycles. The summed E-state index contributed by atoms with van der Waals surface area (Å²) in [6.45, 7) is 4.34. The zero-order valence-electron chi connectivity index (χ0n) is 12.2. The molecule has 2 heterocycles. The Morgan fingerprint density at radius 3 is 2.62 bits per heavy atom. The molecule has 2 aromatic rings. The highest BCUT2D eigenvalue weighted by molar-refractivity contribution is 5.73. The van der Waals surface area contributed by atoms with Gasteiger partial charge < -0.3 is 19.5 Å². The van der Waals surface area contributed by atoms with Gasteiger partial charge in [-0.3, -0.25) is 0 Å². The van der Waals surface area contributed by atoms with Crippen LogP contribution < -0.4 is 19.5 Å². The lowest BCUT2D eigenvalue weighted by atomic mass is 10.1. The largest absolute Gasteiger partial charge is 0.496 e. The predicted octanol–water partition coefficient (Wildman–Crippen LogP) is 2.70. The Bertz CT molecular complexity index is 659. The van der Waals surface area contributed by atoms with E-state index in [1.807, 2.05) is 18.2 Å². The van der Waals surface area contributed by atoms with E-state index in [1.54, 1.807) is 7.11 Å². The highest BCUT2D eigenvalue weighted by Gasteiger charge is 2.19. The summed E-state index contributed by atoms with van der Waals surface area (Å²) < 4.78 is 16.2. The van der Waals surface area contributed by atoms with Gasteiger partial charge in [0, 0.05) is 23.7 Å². The van der Waals surface area contributed by atoms with Crippen LogP contribution >= 0.6 is 0 Å². The van der Waals surface area contributed by atoms with Gasteiger partial charge in [-0.15, -0.1) is 0 Å². The third-order valence-electron chi connectivity index (χ3n) is 3.07. The molecule has 0 unspecified atom stereocenters. The monoisotopic (exact) mass is 287 g/mol. The Balaban J connectivity index is 2.03. The number of benzene rings is 1. The van der Waals surface area contributed by atoms with Gasteiger partial charge in [0.25, 0.3) is 0 Å². The lowest BCUT2D eigenvalue weighted by Crippen LogP contribution is -2.11. The highest BCUT2D eigenvalue weighted by atomic mass is 16.7. The van der Waals surface area contributed by atoms with E-state index in [9.17, 15) is 0 Å². The maximum atomic E-state index is 5.43. The van der Waals surface area contributed by atoms with Crippen LogP contribution in [0.1, 0.15) is 13.8 Å². The van der Waals surface area contributed by atoms with Crippen molar-refractivity contribution in [3.8, 4) is 28.5 Å². The average molecular weight is 287 g/mol. The van der Waals surface area contributed by atoms with Crippen LogP contribution in [0.2, 0.25) is 0 Å². The smallest absolute Gasteiger partial charge is 0.231 e. The Morgan fingerprint density at radius 1 is 1.14 bits per heavy atom. The van der Waals surface area contributed by atoms with Crippen molar-refractivity contribution in [3.63, 3.8) is 0 Å². The molecule has 0 bridgehead atoms. The first kappa shape index (κ1) is 13.5. The standard InChI is InChI=1S/C15H17N3O3/c1-9(2)18-15-5-11(16-7-17-15)10-4-13-14(21-8-20-13)6-12(10)19-3/h4-7,9H,8H2,1-3H3,(H,16,17,18). The van der Waals surface area contributed by atoms with Gasteiger partial charge in [0.2, 0.25) is 6.79 Å². The fraction of sp³-hybridized carbons (Fsp3) is 0.333. The average Bonchev–Trinajstić information content (AvgIpc) is 2.92. The van der Waals surface area contributed by atoms with Gasteiger partial charge in [-0.2, -0.15) is 0 Å². The summed E-state index contributed by atoms with van der Waals surface area (Å²) >= 11 is 0. The van der Waals surface area contributed by atoms with Gasteiger partial charge in [0.1, 0.15) is 17.9 Å². The molecule has 3 rings (SSSR count). The molecule has 0 spiro atoms. The first-order valence-electron chi connectivity index (χ1n) is 6.74. The van der Waals surface area contributed by atoms with Crippen LogP contribution in [0.25, 0.3) is 11.3 Å². The molecular weight excluding hydrogens is 270 g/mol. The van der Waals surface area contributed by atoms with Crippen molar-refractivity contribution in [1.29, 1.82) is 0 Å². The minimum absolute atomic E-state index is 0.228. The molecule has 1 aliphatic rings. The van der Waals surface area contributed by atoms with Gasteiger partial charge in [0.05, 0.1) is 12.8 Å². The van der Waals surface area contributed by atoms with E-state index in [2.05, 4.69) is 29.1 Å². The summed E-state index contributed by atoms with van der Waals surface area (Å²) in [5.41, 5.74) is 1.61. The summed E-state index contributed by atoms with van der Waals surface area (Å²) in [4.78, 5) is 8.54. The normalized spacial score (nSPS) is 12.6. The molecule has 1 aromatic carbocycles. The minimum Gasteiger partial charge on any atom is -0.496 e. The molecular formula is C15H17N3O3. The van der Waals surface area contributed by atoms with Crippen molar-refractivity contribution < 1.29 is 14.2 Å². The number of fused-ring (bicyclic) bond motifs is 1. The molecule has 6 nitrogen and oxygen atoms in total. The van der Waals surface area contributed by atoms with E-state index in [4.69, 9.17) is 14.2 Å². The summed E-state index contributed by atoms with van der Waals surface area (Å²) in [7, 11) is 1.62. The maximum Gasteiger partial charge on any atom is 0.231 e. The van der Waals surface area contributed by atoms with Crippen LogP contribution in [-0.4, -0.2) is 29.9 Å². The first-order chi connectivity index (χ1) is 10.2. The van der Waals surface area contributed by atoms with E-state index in [-0.39, 0.29) is 6.79 Å². The zero-order chi connectivity index (χ0) is 14.8. The Labute approximate surface area is 123 Å². The van der Waals surface area contributed by atoms with Crippen molar-refractivity contribution in [2.75, 3.05) is 19.2 Å². The Hall–Kier alpha value is -2.50. The zero-order valence-corrected chi connectivity index (χ0v) is 12.2. The predicted molar refractivity (Wildman–Crippen MR) is 78.9 cm³/mol. The van der Waals surface area contributed by atoms with Gasteiger partial charge in [-0.1, -0.05) is 0 Å². The number of hydrogen-bond donors (Lipinski definition) is 1. The van der Waals surface area contributed by atoms with Crippen LogP contribution in [0.15, 0.2) is 24.5 Å². The number of nitrogens with zero attached hydrogens (tertiary/aromatic N) is 2. The van der Waals surface area contributed by atoms with E-state index in [0.29, 0.717) is 23.3 Å². The highest BCUT2D eigenvalue weighted by Crippen LogP contribution is 2.42. The quantitative estimate of drug-likeness (QED) is 0.932. The van der Waals surface area contributed by atoms with Gasteiger partial charge in [-0.05, 0) is 19.9 Å². The van der Waals surface area contributed by atoms with Crippen LogP contribution in [0.5, 0.6) is 17.2 Å². The fourth-order valence-electron chi connectivity index (χ4n) is 2.17. The van der Waals surface area contributed by atoms with Crippen molar-refractivity contribution in [2.24, 2.45) is 0 Å². The molecule has 110 valence electrons. The molecule has 0 aliphatic carbocycles. The molecule has 0 atom stereocenters. The van der Waals surface area contributed by atoms with Crippen LogP contribution in [0.3, 0.4) is 0 Å². The first-order valence-corrected chi connectivity index (χ1v) is 6.74. The number of ether oxygens (including phenoxy) is 3. The molecule has 1 N–H and O–H groups in total. The van der Waals surface area contributed by atoms with Gasteiger partial charge >= 0.3 is 0 Å². The number of methoxy groups -OCH3 is 1. The molecule has 0 amide bonds. The topological polar surface area (TPSA) is 65.5 Å². The molecule has 0 fully saturated rings. The van der Waals surface area contributed by atoms with Crippen molar-refractivity contribution in [1.82, 2.24) is 9.97 Å².